The Morgan fingerprint density at radius 3 is 2.19 bits per heavy atom. The standard InChI is InChI=1S/C16H20N2O2S/c1-11-9-10-12(2)16(15(11)17)21(19,20)18-13(3)14-7-5-4-6-8-14/h4-10,13,18H,17H2,1-3H3. The van der Waals surface area contributed by atoms with Crippen molar-refractivity contribution >= 4 is 15.7 Å². The Balaban J connectivity index is 2.38. The van der Waals surface area contributed by atoms with Gasteiger partial charge in [-0.1, -0.05) is 42.5 Å². The van der Waals surface area contributed by atoms with Gasteiger partial charge in [-0.2, -0.15) is 0 Å². The van der Waals surface area contributed by atoms with E-state index in [2.05, 4.69) is 4.72 Å². The Morgan fingerprint density at radius 2 is 1.57 bits per heavy atom. The molecule has 0 spiro atoms. The van der Waals surface area contributed by atoms with Gasteiger partial charge in [0.2, 0.25) is 10.0 Å². The summed E-state index contributed by atoms with van der Waals surface area (Å²) in [5, 5.41) is 0. The van der Waals surface area contributed by atoms with Crippen molar-refractivity contribution < 1.29 is 8.42 Å². The zero-order valence-electron chi connectivity index (χ0n) is 12.4. The number of hydrogen-bond acceptors (Lipinski definition) is 3. The lowest BCUT2D eigenvalue weighted by atomic mass is 10.1. The molecule has 0 heterocycles. The predicted octanol–water partition coefficient (Wildman–Crippen LogP) is 2.93. The van der Waals surface area contributed by atoms with Gasteiger partial charge >= 0.3 is 0 Å². The van der Waals surface area contributed by atoms with Crippen molar-refractivity contribution in [1.82, 2.24) is 4.72 Å². The molecule has 0 amide bonds. The van der Waals surface area contributed by atoms with Gasteiger partial charge in [0.25, 0.3) is 0 Å². The van der Waals surface area contributed by atoms with Crippen LogP contribution in [0.1, 0.15) is 29.7 Å². The molecule has 0 aromatic heterocycles. The molecule has 0 aliphatic heterocycles. The first-order valence-electron chi connectivity index (χ1n) is 6.76. The maximum Gasteiger partial charge on any atom is 0.243 e. The number of nitrogens with one attached hydrogen (secondary N) is 1. The van der Waals surface area contributed by atoms with E-state index in [1.807, 2.05) is 43.3 Å². The Morgan fingerprint density at radius 1 is 1.00 bits per heavy atom. The minimum absolute atomic E-state index is 0.172. The minimum atomic E-state index is -3.67. The summed E-state index contributed by atoms with van der Waals surface area (Å²) in [4.78, 5) is 0.172. The number of aryl methyl sites for hydroxylation is 2. The number of sulfonamides is 1. The van der Waals surface area contributed by atoms with Gasteiger partial charge in [0.1, 0.15) is 4.90 Å². The van der Waals surface area contributed by atoms with Gasteiger partial charge in [0, 0.05) is 6.04 Å². The fourth-order valence-corrected chi connectivity index (χ4v) is 3.93. The quantitative estimate of drug-likeness (QED) is 0.853. The molecule has 0 aliphatic carbocycles. The first-order chi connectivity index (χ1) is 9.83. The van der Waals surface area contributed by atoms with Gasteiger partial charge in [-0.15, -0.1) is 0 Å². The number of hydrogen-bond donors (Lipinski definition) is 2. The first-order valence-corrected chi connectivity index (χ1v) is 8.24. The molecular formula is C16H20N2O2S. The smallest absolute Gasteiger partial charge is 0.243 e. The van der Waals surface area contributed by atoms with Crippen LogP contribution in [0.4, 0.5) is 5.69 Å². The fourth-order valence-electron chi connectivity index (χ4n) is 2.27. The molecule has 0 bridgehead atoms. The Hall–Kier alpha value is -1.85. The third kappa shape index (κ3) is 3.25. The molecule has 2 rings (SSSR count). The molecule has 1 atom stereocenters. The zero-order chi connectivity index (χ0) is 15.6. The summed E-state index contributed by atoms with van der Waals surface area (Å²) in [6, 6.07) is 12.7. The molecule has 0 fully saturated rings. The van der Waals surface area contributed by atoms with Crippen LogP contribution < -0.4 is 10.5 Å². The molecule has 21 heavy (non-hydrogen) atoms. The molecule has 0 aliphatic rings. The first kappa shape index (κ1) is 15.5. The summed E-state index contributed by atoms with van der Waals surface area (Å²) in [6.07, 6.45) is 0. The van der Waals surface area contributed by atoms with E-state index in [0.717, 1.165) is 11.1 Å². The molecule has 2 aromatic rings. The molecule has 0 radical (unpaired) electrons. The largest absolute Gasteiger partial charge is 0.397 e. The molecule has 112 valence electrons. The van der Waals surface area contributed by atoms with Crippen LogP contribution in [0.3, 0.4) is 0 Å². The van der Waals surface area contributed by atoms with E-state index in [0.29, 0.717) is 11.3 Å². The lowest BCUT2D eigenvalue weighted by molar-refractivity contribution is 0.566. The molecule has 1 unspecified atom stereocenters. The van der Waals surface area contributed by atoms with Crippen LogP contribution in [0, 0.1) is 13.8 Å². The summed E-state index contributed by atoms with van der Waals surface area (Å²) in [7, 11) is -3.67. The van der Waals surface area contributed by atoms with Crippen LogP contribution in [0.5, 0.6) is 0 Å². The number of nitrogens with two attached hydrogens (primary N) is 1. The summed E-state index contributed by atoms with van der Waals surface area (Å²) >= 11 is 0. The topological polar surface area (TPSA) is 72.2 Å². The van der Waals surface area contributed by atoms with Crippen LogP contribution in [-0.4, -0.2) is 8.42 Å². The normalized spacial score (nSPS) is 13.1. The van der Waals surface area contributed by atoms with E-state index < -0.39 is 10.0 Å². The minimum Gasteiger partial charge on any atom is -0.397 e. The monoisotopic (exact) mass is 304 g/mol. The highest BCUT2D eigenvalue weighted by Crippen LogP contribution is 2.27. The van der Waals surface area contributed by atoms with E-state index in [4.69, 9.17) is 5.73 Å². The summed E-state index contributed by atoms with van der Waals surface area (Å²) in [6.45, 7) is 5.36. The maximum absolute atomic E-state index is 12.6. The van der Waals surface area contributed by atoms with Crippen molar-refractivity contribution in [2.75, 3.05) is 5.73 Å². The average Bonchev–Trinajstić information content (AvgIpc) is 2.43. The number of anilines is 1. The SMILES string of the molecule is Cc1ccc(C)c(S(=O)(=O)NC(C)c2ccccc2)c1N. The van der Waals surface area contributed by atoms with Gasteiger partial charge in [-0.3, -0.25) is 0 Å². The van der Waals surface area contributed by atoms with Gasteiger partial charge in [0.15, 0.2) is 0 Å². The van der Waals surface area contributed by atoms with Crippen LogP contribution in [0.25, 0.3) is 0 Å². The number of rotatable bonds is 4. The van der Waals surface area contributed by atoms with Crippen LogP contribution >= 0.6 is 0 Å². The Bertz CT molecular complexity index is 740. The van der Waals surface area contributed by atoms with Crippen LogP contribution in [-0.2, 0) is 10.0 Å². The Labute approximate surface area is 126 Å². The summed E-state index contributed by atoms with van der Waals surface area (Å²) in [5.41, 5.74) is 8.58. The van der Waals surface area contributed by atoms with E-state index in [1.54, 1.807) is 19.9 Å². The van der Waals surface area contributed by atoms with Crippen molar-refractivity contribution in [2.45, 2.75) is 31.7 Å². The fraction of sp³-hybridized carbons (Fsp3) is 0.250. The molecule has 0 saturated heterocycles. The lowest BCUT2D eigenvalue weighted by Crippen LogP contribution is -2.28. The van der Waals surface area contributed by atoms with E-state index in [9.17, 15) is 8.42 Å². The maximum atomic E-state index is 12.6. The van der Waals surface area contributed by atoms with E-state index in [1.165, 1.54) is 0 Å². The van der Waals surface area contributed by atoms with Crippen LogP contribution in [0.2, 0.25) is 0 Å². The summed E-state index contributed by atoms with van der Waals surface area (Å²) < 4.78 is 27.9. The molecule has 3 N–H and O–H groups in total. The highest BCUT2D eigenvalue weighted by molar-refractivity contribution is 7.89. The number of benzene rings is 2. The third-order valence-corrected chi connectivity index (χ3v) is 5.25. The highest BCUT2D eigenvalue weighted by atomic mass is 32.2. The van der Waals surface area contributed by atoms with Gasteiger partial charge < -0.3 is 5.73 Å². The zero-order valence-corrected chi connectivity index (χ0v) is 13.2. The second-order valence-electron chi connectivity index (χ2n) is 5.20. The molecule has 2 aromatic carbocycles. The van der Waals surface area contributed by atoms with Crippen molar-refractivity contribution in [3.8, 4) is 0 Å². The summed E-state index contributed by atoms with van der Waals surface area (Å²) in [5.74, 6) is 0. The van der Waals surface area contributed by atoms with Crippen molar-refractivity contribution in [3.63, 3.8) is 0 Å². The van der Waals surface area contributed by atoms with Gasteiger partial charge in [0.05, 0.1) is 5.69 Å². The highest BCUT2D eigenvalue weighted by Gasteiger charge is 2.23. The molecular weight excluding hydrogens is 284 g/mol. The van der Waals surface area contributed by atoms with E-state index >= 15 is 0 Å². The van der Waals surface area contributed by atoms with Gasteiger partial charge in [-0.05, 0) is 37.5 Å². The van der Waals surface area contributed by atoms with Crippen molar-refractivity contribution in [1.29, 1.82) is 0 Å². The van der Waals surface area contributed by atoms with E-state index in [-0.39, 0.29) is 10.9 Å². The van der Waals surface area contributed by atoms with Crippen molar-refractivity contribution in [3.05, 3.63) is 59.2 Å². The van der Waals surface area contributed by atoms with Crippen molar-refractivity contribution in [2.24, 2.45) is 0 Å². The second-order valence-corrected chi connectivity index (χ2v) is 6.85. The van der Waals surface area contributed by atoms with Gasteiger partial charge in [-0.25, -0.2) is 13.1 Å². The lowest BCUT2D eigenvalue weighted by Gasteiger charge is -2.18. The average molecular weight is 304 g/mol. The molecule has 5 heteroatoms. The predicted molar refractivity (Wildman–Crippen MR) is 85.5 cm³/mol. The third-order valence-electron chi connectivity index (χ3n) is 3.51. The number of nitrogen functional groups attached to an aromatic ring is 1. The second kappa shape index (κ2) is 5.87. The molecule has 0 saturated carbocycles. The van der Waals surface area contributed by atoms with Crippen LogP contribution in [0.15, 0.2) is 47.4 Å². The molecule has 4 nitrogen and oxygen atoms in total. The Kier molecular flexibility index (Phi) is 4.34.